The van der Waals surface area contributed by atoms with E-state index in [0.717, 1.165) is 0 Å². The Bertz CT molecular complexity index is 751. The Balaban J connectivity index is 2.16. The molecule has 2 rings (SSSR count). The fraction of sp³-hybridized carbons (Fsp3) is 0.125. The van der Waals surface area contributed by atoms with Gasteiger partial charge in [0.2, 0.25) is 0 Å². The Kier molecular flexibility index (Phi) is 4.86. The third-order valence-corrected chi connectivity index (χ3v) is 2.78. The fourth-order valence-corrected chi connectivity index (χ4v) is 1.78. The van der Waals surface area contributed by atoms with Gasteiger partial charge in [-0.3, -0.25) is 4.79 Å². The van der Waals surface area contributed by atoms with Crippen LogP contribution < -0.4 is 10.1 Å². The summed E-state index contributed by atoms with van der Waals surface area (Å²) < 4.78 is 41.4. The van der Waals surface area contributed by atoms with Gasteiger partial charge in [0.1, 0.15) is 5.75 Å². The molecule has 118 valence electrons. The Labute approximate surface area is 130 Å². The maximum Gasteiger partial charge on any atom is 0.422 e. The van der Waals surface area contributed by atoms with E-state index in [1.165, 1.54) is 36.4 Å². The molecule has 0 spiro atoms. The first-order valence-electron chi connectivity index (χ1n) is 6.49. The molecule has 2 aromatic rings. The lowest BCUT2D eigenvalue weighted by Crippen LogP contribution is -2.20. The molecule has 0 aliphatic carbocycles. The van der Waals surface area contributed by atoms with Gasteiger partial charge in [-0.05, 0) is 30.3 Å². The number of rotatable bonds is 4. The highest BCUT2D eigenvalue weighted by atomic mass is 19.4. The summed E-state index contributed by atoms with van der Waals surface area (Å²) in [5, 5.41) is 11.3. The number of hydrogen-bond acceptors (Lipinski definition) is 3. The number of nitrogens with zero attached hydrogens (tertiary/aromatic N) is 1. The maximum absolute atomic E-state index is 12.2. The number of nitrogens with one attached hydrogen (secondary N) is 1. The average molecular weight is 320 g/mol. The van der Waals surface area contributed by atoms with Gasteiger partial charge in [0.25, 0.3) is 5.91 Å². The molecule has 7 heteroatoms. The predicted molar refractivity (Wildman–Crippen MR) is 77.1 cm³/mol. The second-order valence-corrected chi connectivity index (χ2v) is 4.55. The van der Waals surface area contributed by atoms with Crippen LogP contribution in [0, 0.1) is 11.3 Å². The van der Waals surface area contributed by atoms with Crippen LogP contribution in [-0.2, 0) is 0 Å². The molecular weight excluding hydrogens is 309 g/mol. The van der Waals surface area contributed by atoms with Gasteiger partial charge in [-0.2, -0.15) is 18.4 Å². The molecular formula is C16H11F3N2O2. The first kappa shape index (κ1) is 16.4. The molecule has 0 unspecified atom stereocenters. The molecule has 1 amide bonds. The molecule has 0 saturated carbocycles. The van der Waals surface area contributed by atoms with Gasteiger partial charge in [0, 0.05) is 5.56 Å². The summed E-state index contributed by atoms with van der Waals surface area (Å²) >= 11 is 0. The fourth-order valence-electron chi connectivity index (χ4n) is 1.78. The first-order valence-corrected chi connectivity index (χ1v) is 6.49. The predicted octanol–water partition coefficient (Wildman–Crippen LogP) is 3.75. The number of amides is 1. The van der Waals surface area contributed by atoms with Crippen LogP contribution in [0.4, 0.5) is 18.9 Å². The van der Waals surface area contributed by atoms with E-state index < -0.39 is 18.7 Å². The minimum atomic E-state index is -4.47. The summed E-state index contributed by atoms with van der Waals surface area (Å²) in [7, 11) is 0. The van der Waals surface area contributed by atoms with E-state index in [-0.39, 0.29) is 17.0 Å². The van der Waals surface area contributed by atoms with Gasteiger partial charge < -0.3 is 10.1 Å². The lowest BCUT2D eigenvalue weighted by molar-refractivity contribution is -0.153. The van der Waals surface area contributed by atoms with E-state index in [1.807, 2.05) is 6.07 Å². The molecule has 4 nitrogen and oxygen atoms in total. The number of halogens is 3. The van der Waals surface area contributed by atoms with Gasteiger partial charge in [-0.25, -0.2) is 0 Å². The number of para-hydroxylation sites is 2. The van der Waals surface area contributed by atoms with E-state index in [4.69, 9.17) is 10.00 Å². The molecule has 0 saturated heterocycles. The number of ether oxygens (including phenoxy) is 1. The highest BCUT2D eigenvalue weighted by Gasteiger charge is 2.28. The molecule has 0 aromatic heterocycles. The van der Waals surface area contributed by atoms with Crippen molar-refractivity contribution in [3.05, 3.63) is 59.7 Å². The highest BCUT2D eigenvalue weighted by molar-refractivity contribution is 6.05. The van der Waals surface area contributed by atoms with Crippen molar-refractivity contribution in [2.45, 2.75) is 6.18 Å². The highest BCUT2D eigenvalue weighted by Crippen LogP contribution is 2.26. The molecule has 0 bridgehead atoms. The van der Waals surface area contributed by atoms with Crippen molar-refractivity contribution in [1.29, 1.82) is 5.26 Å². The van der Waals surface area contributed by atoms with E-state index in [2.05, 4.69) is 5.32 Å². The van der Waals surface area contributed by atoms with Crippen LogP contribution >= 0.6 is 0 Å². The standard InChI is InChI=1S/C16H11F3N2O2/c17-16(18,19)10-23-14-7-2-1-6-13(14)21-15(22)12-5-3-4-11(8-12)9-20/h1-8H,10H2,(H,21,22). The SMILES string of the molecule is N#Cc1cccc(C(=O)Nc2ccccc2OCC(F)(F)F)c1. The quantitative estimate of drug-likeness (QED) is 0.933. The molecule has 1 N–H and O–H groups in total. The van der Waals surface area contributed by atoms with Gasteiger partial charge in [-0.1, -0.05) is 18.2 Å². The summed E-state index contributed by atoms with van der Waals surface area (Å²) in [5.74, 6) is -0.639. The number of nitriles is 1. The third-order valence-electron chi connectivity index (χ3n) is 2.78. The minimum absolute atomic E-state index is 0.0883. The Morgan fingerprint density at radius 2 is 1.91 bits per heavy atom. The number of carbonyl (C=O) groups excluding carboxylic acids is 1. The normalized spacial score (nSPS) is 10.7. The second kappa shape index (κ2) is 6.83. The minimum Gasteiger partial charge on any atom is -0.482 e. The van der Waals surface area contributed by atoms with Crippen molar-refractivity contribution in [1.82, 2.24) is 0 Å². The summed E-state index contributed by atoms with van der Waals surface area (Å²) in [6.07, 6.45) is -4.47. The number of alkyl halides is 3. The van der Waals surface area contributed by atoms with Gasteiger partial charge in [0.15, 0.2) is 6.61 Å². The monoisotopic (exact) mass is 320 g/mol. The molecule has 2 aromatic carbocycles. The molecule has 0 aliphatic rings. The summed E-state index contributed by atoms with van der Waals surface area (Å²) in [6.45, 7) is -1.45. The number of hydrogen-bond donors (Lipinski definition) is 1. The van der Waals surface area contributed by atoms with Gasteiger partial charge in [0.05, 0.1) is 17.3 Å². The summed E-state index contributed by atoms with van der Waals surface area (Å²) in [6, 6.07) is 13.7. The smallest absolute Gasteiger partial charge is 0.422 e. The lowest BCUT2D eigenvalue weighted by Gasteiger charge is -2.13. The summed E-state index contributed by atoms with van der Waals surface area (Å²) in [4.78, 5) is 12.1. The Hall–Kier alpha value is -3.01. The maximum atomic E-state index is 12.2. The summed E-state index contributed by atoms with van der Waals surface area (Å²) in [5.41, 5.74) is 0.637. The van der Waals surface area contributed by atoms with Crippen LogP contribution in [0.1, 0.15) is 15.9 Å². The van der Waals surface area contributed by atoms with Crippen LogP contribution in [0.15, 0.2) is 48.5 Å². The van der Waals surface area contributed by atoms with Crippen LogP contribution in [0.3, 0.4) is 0 Å². The van der Waals surface area contributed by atoms with E-state index in [0.29, 0.717) is 5.56 Å². The molecule has 0 heterocycles. The van der Waals surface area contributed by atoms with Crippen LogP contribution in [0.2, 0.25) is 0 Å². The zero-order valence-electron chi connectivity index (χ0n) is 11.7. The molecule has 0 fully saturated rings. The van der Waals surface area contributed by atoms with E-state index >= 15 is 0 Å². The van der Waals surface area contributed by atoms with Crippen molar-refractivity contribution >= 4 is 11.6 Å². The van der Waals surface area contributed by atoms with Crippen molar-refractivity contribution in [3.63, 3.8) is 0 Å². The first-order chi connectivity index (χ1) is 10.9. The molecule has 0 aliphatic heterocycles. The van der Waals surface area contributed by atoms with Crippen LogP contribution in [0.25, 0.3) is 0 Å². The molecule has 0 radical (unpaired) electrons. The topological polar surface area (TPSA) is 62.1 Å². The average Bonchev–Trinajstić information content (AvgIpc) is 2.53. The number of anilines is 1. The van der Waals surface area contributed by atoms with Crippen molar-refractivity contribution in [2.75, 3.05) is 11.9 Å². The number of benzene rings is 2. The molecule has 23 heavy (non-hydrogen) atoms. The Morgan fingerprint density at radius 3 is 2.61 bits per heavy atom. The van der Waals surface area contributed by atoms with Crippen molar-refractivity contribution in [3.8, 4) is 11.8 Å². The van der Waals surface area contributed by atoms with Gasteiger partial charge >= 0.3 is 6.18 Å². The molecule has 0 atom stereocenters. The van der Waals surface area contributed by atoms with E-state index in [1.54, 1.807) is 12.1 Å². The van der Waals surface area contributed by atoms with E-state index in [9.17, 15) is 18.0 Å². The Morgan fingerprint density at radius 1 is 1.17 bits per heavy atom. The lowest BCUT2D eigenvalue weighted by atomic mass is 10.1. The van der Waals surface area contributed by atoms with Crippen molar-refractivity contribution < 1.29 is 22.7 Å². The largest absolute Gasteiger partial charge is 0.482 e. The van der Waals surface area contributed by atoms with Crippen LogP contribution in [0.5, 0.6) is 5.75 Å². The van der Waals surface area contributed by atoms with Crippen LogP contribution in [-0.4, -0.2) is 18.7 Å². The number of carbonyl (C=O) groups is 1. The zero-order chi connectivity index (χ0) is 16.9. The second-order valence-electron chi connectivity index (χ2n) is 4.55. The van der Waals surface area contributed by atoms with Gasteiger partial charge in [-0.15, -0.1) is 0 Å². The van der Waals surface area contributed by atoms with Crippen molar-refractivity contribution in [2.24, 2.45) is 0 Å². The third kappa shape index (κ3) is 4.74. The zero-order valence-corrected chi connectivity index (χ0v) is 11.7.